The Bertz CT molecular complexity index is 240. The van der Waals surface area contributed by atoms with Crippen LogP contribution in [0.25, 0.3) is 0 Å². The van der Waals surface area contributed by atoms with E-state index in [-0.39, 0.29) is 0 Å². The van der Waals surface area contributed by atoms with Crippen molar-refractivity contribution in [3.63, 3.8) is 0 Å². The largest absolute Gasteiger partial charge is 0.370 e. The zero-order chi connectivity index (χ0) is 12.7. The molecule has 1 aliphatic rings. The van der Waals surface area contributed by atoms with Crippen molar-refractivity contribution in [3.8, 4) is 0 Å². The Labute approximate surface area is 106 Å². The molecule has 0 aromatic rings. The topological polar surface area (TPSA) is 50.4 Å². The van der Waals surface area contributed by atoms with E-state index in [0.29, 0.717) is 17.3 Å². The van der Waals surface area contributed by atoms with Crippen molar-refractivity contribution in [1.29, 1.82) is 0 Å². The van der Waals surface area contributed by atoms with E-state index in [4.69, 9.17) is 5.73 Å². The van der Waals surface area contributed by atoms with Crippen LogP contribution in [-0.2, 0) is 0 Å². The second kappa shape index (κ2) is 6.87. The average molecular weight is 239 g/mol. The average Bonchev–Trinajstić information content (AvgIpc) is 2.75. The minimum Gasteiger partial charge on any atom is -0.370 e. The highest BCUT2D eigenvalue weighted by Crippen LogP contribution is 2.40. The van der Waals surface area contributed by atoms with Crippen LogP contribution in [0, 0.1) is 11.3 Å². The summed E-state index contributed by atoms with van der Waals surface area (Å²) in [7, 11) is 0. The quantitative estimate of drug-likeness (QED) is 0.553. The lowest BCUT2D eigenvalue weighted by atomic mass is 9.84. The fraction of sp³-hybridized carbons (Fsp3) is 0.929. The standard InChI is InChI=1S/C14H29N3/c1-4-14(8-5-6-9-14)11-17-13(15)16-10-7-12(2)3/h12H,4-11H2,1-3H3,(H3,15,16,17). The molecule has 0 aromatic heterocycles. The molecular weight excluding hydrogens is 210 g/mol. The predicted octanol–water partition coefficient (Wildman–Crippen LogP) is 2.91. The van der Waals surface area contributed by atoms with E-state index >= 15 is 0 Å². The Morgan fingerprint density at radius 1 is 1.35 bits per heavy atom. The molecule has 1 fully saturated rings. The van der Waals surface area contributed by atoms with Crippen molar-refractivity contribution in [1.82, 2.24) is 5.32 Å². The molecule has 1 saturated carbocycles. The molecule has 0 unspecified atom stereocenters. The van der Waals surface area contributed by atoms with Crippen LogP contribution in [0.4, 0.5) is 0 Å². The summed E-state index contributed by atoms with van der Waals surface area (Å²) in [6, 6.07) is 0. The maximum Gasteiger partial charge on any atom is 0.188 e. The summed E-state index contributed by atoms with van der Waals surface area (Å²) in [4.78, 5) is 4.53. The number of rotatable bonds is 6. The van der Waals surface area contributed by atoms with E-state index in [1.54, 1.807) is 0 Å². The number of hydrogen-bond donors (Lipinski definition) is 2. The molecule has 100 valence electrons. The lowest BCUT2D eigenvalue weighted by Gasteiger charge is -2.25. The second-order valence-electron chi connectivity index (χ2n) is 5.87. The molecule has 0 spiro atoms. The van der Waals surface area contributed by atoms with Gasteiger partial charge >= 0.3 is 0 Å². The Morgan fingerprint density at radius 2 is 2.00 bits per heavy atom. The van der Waals surface area contributed by atoms with Crippen LogP contribution in [0.5, 0.6) is 0 Å². The van der Waals surface area contributed by atoms with Crippen LogP contribution < -0.4 is 11.1 Å². The summed E-state index contributed by atoms with van der Waals surface area (Å²) in [6.45, 7) is 8.57. The monoisotopic (exact) mass is 239 g/mol. The maximum atomic E-state index is 5.89. The summed E-state index contributed by atoms with van der Waals surface area (Å²) in [5, 5.41) is 3.21. The van der Waals surface area contributed by atoms with E-state index in [0.717, 1.165) is 19.5 Å². The van der Waals surface area contributed by atoms with Crippen LogP contribution in [0.3, 0.4) is 0 Å². The summed E-state index contributed by atoms with van der Waals surface area (Å²) in [6.07, 6.45) is 7.76. The Balaban J connectivity index is 2.30. The molecule has 0 saturated heterocycles. The van der Waals surface area contributed by atoms with Gasteiger partial charge in [0.15, 0.2) is 5.96 Å². The van der Waals surface area contributed by atoms with Gasteiger partial charge in [-0.05, 0) is 37.0 Å². The van der Waals surface area contributed by atoms with Crippen molar-refractivity contribution in [2.75, 3.05) is 13.1 Å². The van der Waals surface area contributed by atoms with Crippen LogP contribution in [0.2, 0.25) is 0 Å². The van der Waals surface area contributed by atoms with E-state index in [1.807, 2.05) is 0 Å². The fourth-order valence-electron chi connectivity index (χ4n) is 2.55. The lowest BCUT2D eigenvalue weighted by Crippen LogP contribution is -2.34. The van der Waals surface area contributed by atoms with Crippen molar-refractivity contribution < 1.29 is 0 Å². The first-order valence-electron chi connectivity index (χ1n) is 7.12. The van der Waals surface area contributed by atoms with Crippen molar-refractivity contribution >= 4 is 5.96 Å². The molecule has 0 aliphatic heterocycles. The van der Waals surface area contributed by atoms with Crippen LogP contribution in [0.15, 0.2) is 4.99 Å². The Morgan fingerprint density at radius 3 is 2.53 bits per heavy atom. The lowest BCUT2D eigenvalue weighted by molar-refractivity contribution is 0.297. The highest BCUT2D eigenvalue weighted by atomic mass is 15.1. The van der Waals surface area contributed by atoms with Crippen LogP contribution in [-0.4, -0.2) is 19.0 Å². The van der Waals surface area contributed by atoms with Crippen LogP contribution in [0.1, 0.15) is 59.3 Å². The smallest absolute Gasteiger partial charge is 0.188 e. The highest BCUT2D eigenvalue weighted by molar-refractivity contribution is 5.77. The zero-order valence-corrected chi connectivity index (χ0v) is 11.8. The van der Waals surface area contributed by atoms with Crippen LogP contribution >= 0.6 is 0 Å². The van der Waals surface area contributed by atoms with E-state index in [9.17, 15) is 0 Å². The van der Waals surface area contributed by atoms with Gasteiger partial charge in [-0.1, -0.05) is 33.6 Å². The molecule has 0 radical (unpaired) electrons. The van der Waals surface area contributed by atoms with Gasteiger partial charge in [-0.2, -0.15) is 0 Å². The third-order valence-corrected chi connectivity index (χ3v) is 4.03. The summed E-state index contributed by atoms with van der Waals surface area (Å²) < 4.78 is 0. The first kappa shape index (κ1) is 14.3. The summed E-state index contributed by atoms with van der Waals surface area (Å²) in [5.74, 6) is 1.34. The van der Waals surface area contributed by atoms with Crippen molar-refractivity contribution in [2.24, 2.45) is 22.1 Å². The molecule has 3 N–H and O–H groups in total. The number of hydrogen-bond acceptors (Lipinski definition) is 1. The highest BCUT2D eigenvalue weighted by Gasteiger charge is 2.31. The minimum atomic E-state index is 0.449. The Kier molecular flexibility index (Phi) is 5.79. The molecular formula is C14H29N3. The molecule has 0 heterocycles. The summed E-state index contributed by atoms with van der Waals surface area (Å²) in [5.41, 5.74) is 6.34. The second-order valence-corrected chi connectivity index (χ2v) is 5.87. The first-order valence-corrected chi connectivity index (χ1v) is 7.12. The molecule has 17 heavy (non-hydrogen) atoms. The number of guanidine groups is 1. The molecule has 0 amide bonds. The van der Waals surface area contributed by atoms with Gasteiger partial charge in [-0.3, -0.25) is 4.99 Å². The van der Waals surface area contributed by atoms with Gasteiger partial charge in [0.2, 0.25) is 0 Å². The summed E-state index contributed by atoms with van der Waals surface area (Å²) >= 11 is 0. The molecule has 1 rings (SSSR count). The predicted molar refractivity (Wildman–Crippen MR) is 75.1 cm³/mol. The van der Waals surface area contributed by atoms with Gasteiger partial charge in [0.1, 0.15) is 0 Å². The molecule has 0 bridgehead atoms. The third-order valence-electron chi connectivity index (χ3n) is 4.03. The zero-order valence-electron chi connectivity index (χ0n) is 11.8. The minimum absolute atomic E-state index is 0.449. The number of nitrogens with two attached hydrogens (primary N) is 1. The number of nitrogens with one attached hydrogen (secondary N) is 1. The van der Waals surface area contributed by atoms with Gasteiger partial charge < -0.3 is 11.1 Å². The molecule has 3 nitrogen and oxygen atoms in total. The molecule has 1 aliphatic carbocycles. The normalized spacial score (nSPS) is 19.9. The van der Waals surface area contributed by atoms with Crippen molar-refractivity contribution in [3.05, 3.63) is 0 Å². The number of aliphatic imine (C=N–C) groups is 1. The fourth-order valence-corrected chi connectivity index (χ4v) is 2.55. The van der Waals surface area contributed by atoms with Gasteiger partial charge in [0.05, 0.1) is 0 Å². The van der Waals surface area contributed by atoms with E-state index in [1.165, 1.54) is 32.1 Å². The van der Waals surface area contributed by atoms with Crippen molar-refractivity contribution in [2.45, 2.75) is 59.3 Å². The van der Waals surface area contributed by atoms with E-state index in [2.05, 4.69) is 31.1 Å². The van der Waals surface area contributed by atoms with E-state index < -0.39 is 0 Å². The van der Waals surface area contributed by atoms with Gasteiger partial charge in [-0.15, -0.1) is 0 Å². The first-order chi connectivity index (χ1) is 8.08. The molecule has 0 aromatic carbocycles. The molecule has 3 heteroatoms. The third kappa shape index (κ3) is 4.97. The molecule has 0 atom stereocenters. The Hall–Kier alpha value is -0.730. The number of nitrogens with zero attached hydrogens (tertiary/aromatic N) is 1. The SMILES string of the molecule is CCC1(CN=C(N)NCCC(C)C)CCCC1. The maximum absolute atomic E-state index is 5.89. The van der Waals surface area contributed by atoms with Gasteiger partial charge in [0.25, 0.3) is 0 Å². The van der Waals surface area contributed by atoms with Gasteiger partial charge in [0, 0.05) is 13.1 Å². The van der Waals surface area contributed by atoms with Gasteiger partial charge in [-0.25, -0.2) is 0 Å².